The Hall–Kier alpha value is -2.67. The van der Waals surface area contributed by atoms with E-state index in [0.717, 1.165) is 16.9 Å². The molecule has 0 saturated carbocycles. The maximum absolute atomic E-state index is 12.4. The number of nitrogens with zero attached hydrogens (tertiary/aromatic N) is 2. The summed E-state index contributed by atoms with van der Waals surface area (Å²) >= 11 is 1.67. The summed E-state index contributed by atoms with van der Waals surface area (Å²) in [6, 6.07) is 11.4. The smallest absolute Gasteiger partial charge is 0.289 e. The van der Waals surface area contributed by atoms with E-state index in [2.05, 4.69) is 16.4 Å². The lowest BCUT2D eigenvalue weighted by Crippen LogP contribution is -2.43. The quantitative estimate of drug-likeness (QED) is 0.735. The molecule has 1 aliphatic rings. The Morgan fingerprint density at radius 1 is 1.19 bits per heavy atom. The maximum atomic E-state index is 12.4. The molecular formula is C20H21N3O3S. The number of benzene rings is 1. The molecule has 0 radical (unpaired) electrons. The first-order chi connectivity index (χ1) is 13.2. The summed E-state index contributed by atoms with van der Waals surface area (Å²) in [7, 11) is 0. The number of furan rings is 1. The minimum Gasteiger partial charge on any atom is -0.459 e. The summed E-state index contributed by atoms with van der Waals surface area (Å²) in [6.45, 7) is 1.75. The van der Waals surface area contributed by atoms with Gasteiger partial charge in [0, 0.05) is 32.0 Å². The van der Waals surface area contributed by atoms with E-state index in [1.165, 1.54) is 11.0 Å². The van der Waals surface area contributed by atoms with Crippen molar-refractivity contribution in [2.75, 3.05) is 19.6 Å². The van der Waals surface area contributed by atoms with E-state index in [1.807, 2.05) is 18.2 Å². The number of carbonyl (C=O) groups excluding carboxylic acids is 2. The van der Waals surface area contributed by atoms with Gasteiger partial charge in [0.25, 0.3) is 5.91 Å². The average molecular weight is 383 g/mol. The fourth-order valence-electron chi connectivity index (χ4n) is 3.36. The minimum atomic E-state index is -0.102. The maximum Gasteiger partial charge on any atom is 0.289 e. The molecule has 2 aromatic heterocycles. The highest BCUT2D eigenvalue weighted by atomic mass is 32.1. The van der Waals surface area contributed by atoms with Crippen LogP contribution in [0.4, 0.5) is 0 Å². The van der Waals surface area contributed by atoms with Crippen molar-refractivity contribution in [2.24, 2.45) is 5.92 Å². The van der Waals surface area contributed by atoms with Crippen LogP contribution >= 0.6 is 11.3 Å². The van der Waals surface area contributed by atoms with Crippen molar-refractivity contribution in [1.29, 1.82) is 0 Å². The van der Waals surface area contributed by atoms with Gasteiger partial charge in [-0.15, -0.1) is 11.3 Å². The molecule has 0 bridgehead atoms. The molecular weight excluding hydrogens is 362 g/mol. The van der Waals surface area contributed by atoms with Crippen LogP contribution in [-0.4, -0.2) is 41.3 Å². The van der Waals surface area contributed by atoms with Gasteiger partial charge < -0.3 is 14.6 Å². The number of para-hydroxylation sites is 1. The van der Waals surface area contributed by atoms with Crippen LogP contribution in [-0.2, 0) is 11.2 Å². The van der Waals surface area contributed by atoms with Gasteiger partial charge in [-0.3, -0.25) is 9.59 Å². The molecule has 2 amide bonds. The van der Waals surface area contributed by atoms with Gasteiger partial charge in [-0.2, -0.15) is 0 Å². The zero-order valence-electron chi connectivity index (χ0n) is 14.9. The second-order valence-electron chi connectivity index (χ2n) is 6.66. The number of fused-ring (bicyclic) bond motifs is 1. The molecule has 4 rings (SSSR count). The Morgan fingerprint density at radius 3 is 2.74 bits per heavy atom. The normalized spacial score (nSPS) is 15.2. The van der Waals surface area contributed by atoms with Gasteiger partial charge in [0.15, 0.2) is 5.76 Å². The molecule has 3 aromatic rings. The molecule has 1 fully saturated rings. The van der Waals surface area contributed by atoms with Gasteiger partial charge in [0.05, 0.1) is 21.5 Å². The van der Waals surface area contributed by atoms with Crippen molar-refractivity contribution >= 4 is 33.4 Å². The van der Waals surface area contributed by atoms with Crippen LogP contribution in [0.15, 0.2) is 47.1 Å². The van der Waals surface area contributed by atoms with Crippen molar-refractivity contribution < 1.29 is 14.0 Å². The summed E-state index contributed by atoms with van der Waals surface area (Å²) in [5.74, 6) is 0.283. The first kappa shape index (κ1) is 17.7. The number of thiazole rings is 1. The molecule has 1 N–H and O–H groups in total. The SMILES string of the molecule is O=C(NCCc1nc2ccccc2s1)C1CCN(C(=O)c2ccco2)CC1. The zero-order chi connectivity index (χ0) is 18.6. The molecule has 1 aliphatic heterocycles. The van der Waals surface area contributed by atoms with E-state index in [-0.39, 0.29) is 17.7 Å². The van der Waals surface area contributed by atoms with E-state index in [9.17, 15) is 9.59 Å². The molecule has 140 valence electrons. The predicted molar refractivity (Wildman–Crippen MR) is 104 cm³/mol. The fraction of sp³-hybridized carbons (Fsp3) is 0.350. The van der Waals surface area contributed by atoms with Gasteiger partial charge in [-0.25, -0.2) is 4.98 Å². The monoisotopic (exact) mass is 383 g/mol. The van der Waals surface area contributed by atoms with Crippen LogP contribution in [0.3, 0.4) is 0 Å². The number of hydrogen-bond donors (Lipinski definition) is 1. The number of carbonyl (C=O) groups is 2. The third-order valence-corrected chi connectivity index (χ3v) is 5.96. The molecule has 1 saturated heterocycles. The molecule has 7 heteroatoms. The van der Waals surface area contributed by atoms with Crippen LogP contribution in [0.25, 0.3) is 10.2 Å². The van der Waals surface area contributed by atoms with Gasteiger partial charge in [-0.1, -0.05) is 12.1 Å². The molecule has 0 spiro atoms. The molecule has 3 heterocycles. The third kappa shape index (κ3) is 4.03. The third-order valence-electron chi connectivity index (χ3n) is 4.86. The summed E-state index contributed by atoms with van der Waals surface area (Å²) in [5.41, 5.74) is 1.01. The lowest BCUT2D eigenvalue weighted by Gasteiger charge is -2.30. The van der Waals surface area contributed by atoms with E-state index >= 15 is 0 Å². The molecule has 0 unspecified atom stereocenters. The number of amides is 2. The molecule has 1 aromatic carbocycles. The lowest BCUT2D eigenvalue weighted by molar-refractivity contribution is -0.126. The van der Waals surface area contributed by atoms with Gasteiger partial charge in [0.2, 0.25) is 5.91 Å². The number of piperidine rings is 1. The number of rotatable bonds is 5. The topological polar surface area (TPSA) is 75.4 Å². The van der Waals surface area contributed by atoms with E-state index < -0.39 is 0 Å². The van der Waals surface area contributed by atoms with E-state index in [4.69, 9.17) is 4.42 Å². The first-order valence-corrected chi connectivity index (χ1v) is 9.97. The second-order valence-corrected chi connectivity index (χ2v) is 7.78. The summed E-state index contributed by atoms with van der Waals surface area (Å²) in [4.78, 5) is 31.0. The average Bonchev–Trinajstić information content (AvgIpc) is 3.37. The Balaban J connectivity index is 1.23. The number of likely N-dealkylation sites (tertiary alicyclic amines) is 1. The van der Waals surface area contributed by atoms with Crippen LogP contribution in [0.2, 0.25) is 0 Å². The van der Waals surface area contributed by atoms with Crippen molar-refractivity contribution in [3.05, 3.63) is 53.4 Å². The first-order valence-electron chi connectivity index (χ1n) is 9.15. The number of hydrogen-bond acceptors (Lipinski definition) is 5. The molecule has 0 aliphatic carbocycles. The van der Waals surface area contributed by atoms with Crippen LogP contribution < -0.4 is 5.32 Å². The molecule has 27 heavy (non-hydrogen) atoms. The standard InChI is InChI=1S/C20H21N3O3S/c24-19(21-10-7-18-22-15-4-1-2-6-17(15)27-18)14-8-11-23(12-9-14)20(25)16-5-3-13-26-16/h1-6,13-14H,7-12H2,(H,21,24). The van der Waals surface area contributed by atoms with Crippen LogP contribution in [0, 0.1) is 5.92 Å². The van der Waals surface area contributed by atoms with Gasteiger partial charge in [0.1, 0.15) is 0 Å². The van der Waals surface area contributed by atoms with Gasteiger partial charge >= 0.3 is 0 Å². The minimum absolute atomic E-state index is 0.0407. The second kappa shape index (κ2) is 7.92. The highest BCUT2D eigenvalue weighted by Gasteiger charge is 2.28. The molecule has 0 atom stereocenters. The van der Waals surface area contributed by atoms with Crippen LogP contribution in [0.5, 0.6) is 0 Å². The molecule has 6 nitrogen and oxygen atoms in total. The highest BCUT2D eigenvalue weighted by Crippen LogP contribution is 2.22. The van der Waals surface area contributed by atoms with Gasteiger partial charge in [-0.05, 0) is 37.1 Å². The van der Waals surface area contributed by atoms with E-state index in [1.54, 1.807) is 28.4 Å². The van der Waals surface area contributed by atoms with E-state index in [0.29, 0.717) is 38.2 Å². The van der Waals surface area contributed by atoms with Crippen molar-refractivity contribution in [2.45, 2.75) is 19.3 Å². The van der Waals surface area contributed by atoms with Crippen molar-refractivity contribution in [3.63, 3.8) is 0 Å². The summed E-state index contributed by atoms with van der Waals surface area (Å²) < 4.78 is 6.34. The number of aromatic nitrogens is 1. The van der Waals surface area contributed by atoms with Crippen molar-refractivity contribution in [3.8, 4) is 0 Å². The zero-order valence-corrected chi connectivity index (χ0v) is 15.7. The summed E-state index contributed by atoms with van der Waals surface area (Å²) in [6.07, 6.45) is 3.60. The lowest BCUT2D eigenvalue weighted by atomic mass is 9.95. The predicted octanol–water partition coefficient (Wildman–Crippen LogP) is 3.10. The summed E-state index contributed by atoms with van der Waals surface area (Å²) in [5, 5.41) is 4.06. The fourth-order valence-corrected chi connectivity index (χ4v) is 4.33. The van der Waals surface area contributed by atoms with Crippen LogP contribution in [0.1, 0.15) is 28.4 Å². The van der Waals surface area contributed by atoms with Crippen molar-refractivity contribution in [1.82, 2.24) is 15.2 Å². The highest BCUT2D eigenvalue weighted by molar-refractivity contribution is 7.18. The number of nitrogens with one attached hydrogen (secondary N) is 1. The Morgan fingerprint density at radius 2 is 2.00 bits per heavy atom. The Bertz CT molecular complexity index is 894. The largest absolute Gasteiger partial charge is 0.459 e. The Labute approximate surface area is 161 Å². The Kier molecular flexibility index (Phi) is 5.20.